The van der Waals surface area contributed by atoms with Gasteiger partial charge in [0.05, 0.1) is 0 Å². The van der Waals surface area contributed by atoms with Crippen LogP contribution < -0.4 is 5.32 Å². The summed E-state index contributed by atoms with van der Waals surface area (Å²) >= 11 is 6.04. The Morgan fingerprint density at radius 3 is 2.88 bits per heavy atom. The van der Waals surface area contributed by atoms with Gasteiger partial charge in [-0.2, -0.15) is 0 Å². The van der Waals surface area contributed by atoms with E-state index in [1.807, 2.05) is 7.05 Å². The molecule has 1 aromatic rings. The molecule has 0 radical (unpaired) electrons. The van der Waals surface area contributed by atoms with Crippen molar-refractivity contribution in [2.24, 2.45) is 0 Å². The smallest absolute Gasteiger partial charge is 0.123 e. The van der Waals surface area contributed by atoms with E-state index in [1.54, 1.807) is 13.2 Å². The van der Waals surface area contributed by atoms with E-state index in [0.29, 0.717) is 11.6 Å². The zero-order valence-corrected chi connectivity index (χ0v) is 10.4. The lowest BCUT2D eigenvalue weighted by Crippen LogP contribution is -2.17. The fraction of sp³-hybridized carbons (Fsp3) is 0.500. The molecule has 0 heterocycles. The molecule has 0 fully saturated rings. The molecule has 0 bridgehead atoms. The standard InChI is InChI=1S/C12H17ClFNO/c1-15-12(4-3-7-16-2)10-8-9(14)5-6-11(10)13/h5-6,8,12,15H,3-4,7H2,1-2H3. The van der Waals surface area contributed by atoms with E-state index < -0.39 is 0 Å². The fourth-order valence-electron chi connectivity index (χ4n) is 1.67. The van der Waals surface area contributed by atoms with E-state index in [9.17, 15) is 4.39 Å². The quantitative estimate of drug-likeness (QED) is 0.778. The summed E-state index contributed by atoms with van der Waals surface area (Å²) in [7, 11) is 3.52. The van der Waals surface area contributed by atoms with Crippen LogP contribution in [-0.2, 0) is 4.74 Å². The van der Waals surface area contributed by atoms with Gasteiger partial charge in [-0.15, -0.1) is 0 Å². The SMILES string of the molecule is CNC(CCCOC)c1cc(F)ccc1Cl. The van der Waals surface area contributed by atoms with Crippen LogP contribution in [0.5, 0.6) is 0 Å². The van der Waals surface area contributed by atoms with Crippen molar-refractivity contribution in [2.75, 3.05) is 20.8 Å². The van der Waals surface area contributed by atoms with Crippen molar-refractivity contribution in [2.45, 2.75) is 18.9 Å². The van der Waals surface area contributed by atoms with E-state index in [1.165, 1.54) is 12.1 Å². The number of hydrogen-bond acceptors (Lipinski definition) is 2. The molecule has 1 aromatic carbocycles. The van der Waals surface area contributed by atoms with Crippen molar-refractivity contribution in [1.82, 2.24) is 5.32 Å². The number of benzene rings is 1. The molecule has 0 aliphatic carbocycles. The monoisotopic (exact) mass is 245 g/mol. The summed E-state index contributed by atoms with van der Waals surface area (Å²) in [5.74, 6) is -0.258. The highest BCUT2D eigenvalue weighted by Crippen LogP contribution is 2.26. The van der Waals surface area contributed by atoms with Crippen LogP contribution in [0.25, 0.3) is 0 Å². The van der Waals surface area contributed by atoms with E-state index in [2.05, 4.69) is 5.32 Å². The molecule has 0 amide bonds. The number of ether oxygens (including phenoxy) is 1. The molecule has 1 atom stereocenters. The van der Waals surface area contributed by atoms with Gasteiger partial charge in [-0.3, -0.25) is 0 Å². The van der Waals surface area contributed by atoms with Crippen molar-refractivity contribution in [1.29, 1.82) is 0 Å². The van der Waals surface area contributed by atoms with Crippen LogP contribution in [0.4, 0.5) is 4.39 Å². The van der Waals surface area contributed by atoms with Gasteiger partial charge in [0.15, 0.2) is 0 Å². The Bertz CT molecular complexity index is 333. The van der Waals surface area contributed by atoms with E-state index >= 15 is 0 Å². The Balaban J connectivity index is 2.73. The molecule has 1 unspecified atom stereocenters. The summed E-state index contributed by atoms with van der Waals surface area (Å²) in [4.78, 5) is 0. The first-order valence-electron chi connectivity index (χ1n) is 5.30. The lowest BCUT2D eigenvalue weighted by atomic mass is 10.0. The normalized spacial score (nSPS) is 12.8. The first-order chi connectivity index (χ1) is 7.69. The van der Waals surface area contributed by atoms with Crippen LogP contribution >= 0.6 is 11.6 Å². The molecule has 2 nitrogen and oxygen atoms in total. The van der Waals surface area contributed by atoms with Crippen molar-refractivity contribution in [3.05, 3.63) is 34.6 Å². The predicted octanol–water partition coefficient (Wildman–Crippen LogP) is 3.17. The highest BCUT2D eigenvalue weighted by molar-refractivity contribution is 6.31. The van der Waals surface area contributed by atoms with Gasteiger partial charge in [-0.05, 0) is 43.7 Å². The van der Waals surface area contributed by atoms with Crippen LogP contribution in [0.15, 0.2) is 18.2 Å². The maximum absolute atomic E-state index is 13.1. The summed E-state index contributed by atoms with van der Waals surface area (Å²) in [6.07, 6.45) is 1.78. The molecular formula is C12H17ClFNO. The minimum atomic E-state index is -0.258. The molecule has 0 aromatic heterocycles. The summed E-state index contributed by atoms with van der Waals surface area (Å²) in [6, 6.07) is 4.51. The third-order valence-electron chi connectivity index (χ3n) is 2.52. The number of halogens is 2. The minimum absolute atomic E-state index is 0.0679. The number of hydrogen-bond donors (Lipinski definition) is 1. The lowest BCUT2D eigenvalue weighted by molar-refractivity contribution is 0.189. The lowest BCUT2D eigenvalue weighted by Gasteiger charge is -2.17. The number of methoxy groups -OCH3 is 1. The Kier molecular flexibility index (Phi) is 5.74. The molecule has 0 saturated carbocycles. The molecule has 0 saturated heterocycles. The molecule has 0 aliphatic heterocycles. The Labute approximate surface area is 101 Å². The number of nitrogens with one attached hydrogen (secondary N) is 1. The molecule has 0 aliphatic rings. The van der Waals surface area contributed by atoms with Crippen LogP contribution in [0.3, 0.4) is 0 Å². The maximum Gasteiger partial charge on any atom is 0.123 e. The van der Waals surface area contributed by atoms with Gasteiger partial charge in [-0.25, -0.2) is 4.39 Å². The maximum atomic E-state index is 13.1. The van der Waals surface area contributed by atoms with Crippen LogP contribution in [0, 0.1) is 5.82 Å². The van der Waals surface area contributed by atoms with Crippen LogP contribution in [0.1, 0.15) is 24.4 Å². The second-order valence-electron chi connectivity index (χ2n) is 3.64. The minimum Gasteiger partial charge on any atom is -0.385 e. The first kappa shape index (κ1) is 13.4. The highest BCUT2D eigenvalue weighted by atomic mass is 35.5. The molecule has 90 valence electrons. The van der Waals surface area contributed by atoms with E-state index in [4.69, 9.17) is 16.3 Å². The van der Waals surface area contributed by atoms with Crippen molar-refractivity contribution in [3.8, 4) is 0 Å². The van der Waals surface area contributed by atoms with E-state index in [0.717, 1.165) is 18.4 Å². The number of rotatable bonds is 6. The molecule has 4 heteroatoms. The van der Waals surface area contributed by atoms with Gasteiger partial charge in [0.2, 0.25) is 0 Å². The highest BCUT2D eigenvalue weighted by Gasteiger charge is 2.13. The van der Waals surface area contributed by atoms with Gasteiger partial charge >= 0.3 is 0 Å². The molecule has 1 rings (SSSR count). The van der Waals surface area contributed by atoms with Gasteiger partial charge in [0, 0.05) is 24.8 Å². The van der Waals surface area contributed by atoms with Gasteiger partial charge in [0.1, 0.15) is 5.82 Å². The van der Waals surface area contributed by atoms with Crippen molar-refractivity contribution in [3.63, 3.8) is 0 Å². The first-order valence-corrected chi connectivity index (χ1v) is 5.68. The topological polar surface area (TPSA) is 21.3 Å². The molecule has 0 spiro atoms. The second kappa shape index (κ2) is 6.84. The Hall–Kier alpha value is -0.640. The van der Waals surface area contributed by atoms with Gasteiger partial charge in [0.25, 0.3) is 0 Å². The van der Waals surface area contributed by atoms with E-state index in [-0.39, 0.29) is 11.9 Å². The molecule has 1 N–H and O–H groups in total. The summed E-state index contributed by atoms with van der Waals surface area (Å²) in [6.45, 7) is 0.700. The largest absolute Gasteiger partial charge is 0.385 e. The predicted molar refractivity (Wildman–Crippen MR) is 64.3 cm³/mol. The third kappa shape index (κ3) is 3.74. The molecule has 16 heavy (non-hydrogen) atoms. The fourth-order valence-corrected chi connectivity index (χ4v) is 1.92. The molecular weight excluding hydrogens is 229 g/mol. The summed E-state index contributed by atoms with van der Waals surface area (Å²) in [5.41, 5.74) is 0.806. The Morgan fingerprint density at radius 2 is 2.25 bits per heavy atom. The average molecular weight is 246 g/mol. The summed E-state index contributed by atoms with van der Waals surface area (Å²) < 4.78 is 18.1. The third-order valence-corrected chi connectivity index (χ3v) is 2.87. The Morgan fingerprint density at radius 1 is 1.50 bits per heavy atom. The second-order valence-corrected chi connectivity index (χ2v) is 4.05. The van der Waals surface area contributed by atoms with Gasteiger partial charge in [-0.1, -0.05) is 11.6 Å². The zero-order chi connectivity index (χ0) is 12.0. The zero-order valence-electron chi connectivity index (χ0n) is 9.59. The summed E-state index contributed by atoms with van der Waals surface area (Å²) in [5, 5.41) is 3.73. The van der Waals surface area contributed by atoms with Crippen molar-refractivity contribution < 1.29 is 9.13 Å². The van der Waals surface area contributed by atoms with Crippen LogP contribution in [-0.4, -0.2) is 20.8 Å². The van der Waals surface area contributed by atoms with Gasteiger partial charge < -0.3 is 10.1 Å². The average Bonchev–Trinajstić information content (AvgIpc) is 2.28. The van der Waals surface area contributed by atoms with Crippen molar-refractivity contribution >= 4 is 11.6 Å². The van der Waals surface area contributed by atoms with Crippen LogP contribution in [0.2, 0.25) is 5.02 Å².